The quantitative estimate of drug-likeness (QED) is 0.624. The molecule has 0 radical (unpaired) electrons. The summed E-state index contributed by atoms with van der Waals surface area (Å²) in [5.41, 5.74) is 0.701. The highest BCUT2D eigenvalue weighted by Gasteiger charge is 2.12. The number of fused-ring (bicyclic) bond motifs is 1. The fourth-order valence-electron chi connectivity index (χ4n) is 2.72. The average molecular weight is 369 g/mol. The molecule has 0 aliphatic heterocycles. The van der Waals surface area contributed by atoms with Crippen LogP contribution in [0.2, 0.25) is 0 Å². The highest BCUT2D eigenvalue weighted by atomic mass is 32.2. The highest BCUT2D eigenvalue weighted by Crippen LogP contribution is 2.24. The molecule has 0 spiro atoms. The third-order valence-corrected chi connectivity index (χ3v) is 5.14. The number of halogens is 1. The molecule has 3 aromatic rings. The van der Waals surface area contributed by atoms with E-state index in [1.165, 1.54) is 30.3 Å². The van der Waals surface area contributed by atoms with Crippen LogP contribution in [-0.4, -0.2) is 18.8 Å². The molecular weight excluding hydrogens is 349 g/mol. The van der Waals surface area contributed by atoms with Crippen LogP contribution in [0.4, 0.5) is 4.39 Å². The van der Waals surface area contributed by atoms with Gasteiger partial charge in [-0.25, -0.2) is 4.39 Å². The van der Waals surface area contributed by atoms with E-state index in [2.05, 4.69) is 29.6 Å². The number of hydrogen-bond acceptors (Lipinski definition) is 3. The molecule has 3 rings (SSSR count). The van der Waals surface area contributed by atoms with Crippen LogP contribution >= 0.6 is 11.8 Å². The van der Waals surface area contributed by atoms with Gasteiger partial charge in [-0.1, -0.05) is 36.4 Å². The first-order chi connectivity index (χ1) is 12.6. The van der Waals surface area contributed by atoms with E-state index in [4.69, 9.17) is 4.74 Å². The zero-order valence-corrected chi connectivity index (χ0v) is 15.5. The topological polar surface area (TPSA) is 38.3 Å². The molecule has 0 aliphatic carbocycles. The van der Waals surface area contributed by atoms with Crippen LogP contribution in [0.25, 0.3) is 10.8 Å². The Hall–Kier alpha value is -2.53. The molecule has 5 heteroatoms. The average Bonchev–Trinajstić information content (AvgIpc) is 2.66. The molecule has 0 fully saturated rings. The second-order valence-electron chi connectivity index (χ2n) is 5.98. The number of carbonyl (C=O) groups excluding carboxylic acids is 1. The maximum Gasteiger partial charge on any atom is 0.230 e. The second-order valence-corrected chi connectivity index (χ2v) is 7.03. The van der Waals surface area contributed by atoms with Crippen LogP contribution in [0, 0.1) is 5.82 Å². The smallest absolute Gasteiger partial charge is 0.230 e. The number of amides is 1. The Kier molecular flexibility index (Phi) is 5.78. The Morgan fingerprint density at radius 3 is 2.62 bits per heavy atom. The van der Waals surface area contributed by atoms with Crippen molar-refractivity contribution in [1.82, 2.24) is 5.32 Å². The third-order valence-electron chi connectivity index (χ3n) is 4.14. The van der Waals surface area contributed by atoms with Gasteiger partial charge in [0.25, 0.3) is 0 Å². The van der Waals surface area contributed by atoms with E-state index in [1.807, 2.05) is 25.1 Å². The van der Waals surface area contributed by atoms with Gasteiger partial charge in [0.15, 0.2) is 11.6 Å². The van der Waals surface area contributed by atoms with Gasteiger partial charge in [0.1, 0.15) is 0 Å². The van der Waals surface area contributed by atoms with Gasteiger partial charge in [-0.2, -0.15) is 0 Å². The van der Waals surface area contributed by atoms with Crippen molar-refractivity contribution in [2.45, 2.75) is 17.9 Å². The predicted octanol–water partition coefficient (Wildman–Crippen LogP) is 4.96. The Labute approximate surface area is 156 Å². The van der Waals surface area contributed by atoms with Crippen LogP contribution in [-0.2, 0) is 4.79 Å². The summed E-state index contributed by atoms with van der Waals surface area (Å²) in [7, 11) is 1.42. The van der Waals surface area contributed by atoms with E-state index in [1.54, 1.807) is 12.1 Å². The molecule has 1 unspecified atom stereocenters. The molecule has 3 aromatic carbocycles. The number of hydrogen-bond donors (Lipinski definition) is 1. The van der Waals surface area contributed by atoms with Crippen LogP contribution in [0.5, 0.6) is 5.75 Å². The summed E-state index contributed by atoms with van der Waals surface area (Å²) in [4.78, 5) is 13.3. The SMILES string of the molecule is COc1ccc(C(C)NC(=O)CSc2ccc3ccccc3c2)cc1F. The van der Waals surface area contributed by atoms with Gasteiger partial charge in [-0.05, 0) is 47.5 Å². The first kappa shape index (κ1) is 18.3. The maximum atomic E-state index is 13.8. The normalized spacial score (nSPS) is 12.0. The van der Waals surface area contributed by atoms with Crippen molar-refractivity contribution in [3.63, 3.8) is 0 Å². The Morgan fingerprint density at radius 2 is 1.88 bits per heavy atom. The van der Waals surface area contributed by atoms with Gasteiger partial charge in [0, 0.05) is 4.90 Å². The van der Waals surface area contributed by atoms with Crippen LogP contribution in [0.3, 0.4) is 0 Å². The molecule has 26 heavy (non-hydrogen) atoms. The first-order valence-electron chi connectivity index (χ1n) is 8.31. The molecular formula is C21H20FNO2S. The number of carbonyl (C=O) groups is 1. The van der Waals surface area contributed by atoms with Crippen molar-refractivity contribution in [2.75, 3.05) is 12.9 Å². The number of nitrogens with one attached hydrogen (secondary N) is 1. The Balaban J connectivity index is 1.58. The lowest BCUT2D eigenvalue weighted by Gasteiger charge is -2.15. The number of benzene rings is 3. The molecule has 1 N–H and O–H groups in total. The molecule has 0 heterocycles. The minimum Gasteiger partial charge on any atom is -0.494 e. The largest absolute Gasteiger partial charge is 0.494 e. The minimum atomic E-state index is -0.434. The molecule has 1 amide bonds. The maximum absolute atomic E-state index is 13.8. The van der Waals surface area contributed by atoms with Crippen molar-refractivity contribution in [3.05, 3.63) is 72.0 Å². The van der Waals surface area contributed by atoms with E-state index in [0.717, 1.165) is 10.3 Å². The fourth-order valence-corrected chi connectivity index (χ4v) is 3.48. The molecule has 1 atom stereocenters. The summed E-state index contributed by atoms with van der Waals surface area (Å²) < 4.78 is 18.7. The molecule has 0 aliphatic rings. The Bertz CT molecular complexity index is 929. The van der Waals surface area contributed by atoms with Crippen molar-refractivity contribution in [1.29, 1.82) is 0 Å². The van der Waals surface area contributed by atoms with Crippen LogP contribution in [0.15, 0.2) is 65.6 Å². The summed E-state index contributed by atoms with van der Waals surface area (Å²) in [6.45, 7) is 1.83. The van der Waals surface area contributed by atoms with Gasteiger partial charge < -0.3 is 10.1 Å². The van der Waals surface area contributed by atoms with E-state index >= 15 is 0 Å². The third kappa shape index (κ3) is 4.35. The van der Waals surface area contributed by atoms with Gasteiger partial charge in [0.2, 0.25) is 5.91 Å². The van der Waals surface area contributed by atoms with E-state index in [-0.39, 0.29) is 17.7 Å². The van der Waals surface area contributed by atoms with Crippen LogP contribution in [0.1, 0.15) is 18.5 Å². The molecule has 0 saturated heterocycles. The summed E-state index contributed by atoms with van der Waals surface area (Å²) in [6.07, 6.45) is 0. The van der Waals surface area contributed by atoms with Crippen molar-refractivity contribution in [2.24, 2.45) is 0 Å². The number of thioether (sulfide) groups is 1. The molecule has 0 aromatic heterocycles. The monoisotopic (exact) mass is 369 g/mol. The van der Waals surface area contributed by atoms with Gasteiger partial charge in [-0.15, -0.1) is 11.8 Å². The minimum absolute atomic E-state index is 0.0908. The molecule has 0 bridgehead atoms. The number of rotatable bonds is 6. The van der Waals surface area contributed by atoms with E-state index < -0.39 is 5.82 Å². The standard InChI is InChI=1S/C21H20FNO2S/c1-14(16-8-10-20(25-2)19(22)12-16)23-21(24)13-26-18-9-7-15-5-3-4-6-17(15)11-18/h3-12,14H,13H2,1-2H3,(H,23,24). The van der Waals surface area contributed by atoms with Crippen LogP contribution < -0.4 is 10.1 Å². The van der Waals surface area contributed by atoms with E-state index in [9.17, 15) is 9.18 Å². The fraction of sp³-hybridized carbons (Fsp3) is 0.190. The predicted molar refractivity (Wildman–Crippen MR) is 104 cm³/mol. The molecule has 3 nitrogen and oxygen atoms in total. The molecule has 134 valence electrons. The lowest BCUT2D eigenvalue weighted by Crippen LogP contribution is -2.28. The number of methoxy groups -OCH3 is 1. The lowest BCUT2D eigenvalue weighted by atomic mass is 10.1. The number of ether oxygens (including phenoxy) is 1. The summed E-state index contributed by atoms with van der Waals surface area (Å²) in [6, 6.07) is 18.7. The highest BCUT2D eigenvalue weighted by molar-refractivity contribution is 8.00. The van der Waals surface area contributed by atoms with Crippen molar-refractivity contribution >= 4 is 28.4 Å². The van der Waals surface area contributed by atoms with Crippen molar-refractivity contribution < 1.29 is 13.9 Å². The zero-order valence-electron chi connectivity index (χ0n) is 14.7. The Morgan fingerprint density at radius 1 is 1.12 bits per heavy atom. The summed E-state index contributed by atoms with van der Waals surface area (Å²) >= 11 is 1.48. The first-order valence-corrected chi connectivity index (χ1v) is 9.30. The van der Waals surface area contributed by atoms with Gasteiger partial charge >= 0.3 is 0 Å². The summed E-state index contributed by atoms with van der Waals surface area (Å²) in [5.74, 6) is -0.0240. The summed E-state index contributed by atoms with van der Waals surface area (Å²) in [5, 5.41) is 5.23. The molecule has 0 saturated carbocycles. The van der Waals surface area contributed by atoms with E-state index in [0.29, 0.717) is 11.3 Å². The van der Waals surface area contributed by atoms with Crippen molar-refractivity contribution in [3.8, 4) is 5.75 Å². The second kappa shape index (κ2) is 8.23. The lowest BCUT2D eigenvalue weighted by molar-refractivity contribution is -0.119. The zero-order chi connectivity index (χ0) is 18.5. The van der Waals surface area contributed by atoms with Gasteiger partial charge in [0.05, 0.1) is 18.9 Å². The van der Waals surface area contributed by atoms with Gasteiger partial charge in [-0.3, -0.25) is 4.79 Å².